The van der Waals surface area contributed by atoms with Crippen LogP contribution in [0.1, 0.15) is 5.56 Å². The number of carbonyl (C=O) groups is 2. The normalized spacial score (nSPS) is 10.6. The molecule has 0 saturated heterocycles. The van der Waals surface area contributed by atoms with Crippen molar-refractivity contribution in [3.05, 3.63) is 52.6 Å². The predicted molar refractivity (Wildman–Crippen MR) is 106 cm³/mol. The molecule has 2 aromatic rings. The SMILES string of the molecule is COc1ccc(NC(=O)/C(C#N)=C\c2cc(Cl)c(OCC(=O)O)c(OC)c2)cc1. The average Bonchev–Trinajstić information content (AvgIpc) is 2.71. The summed E-state index contributed by atoms with van der Waals surface area (Å²) in [5.74, 6) is -0.938. The second kappa shape index (κ2) is 10.0. The maximum absolute atomic E-state index is 12.4. The zero-order valence-electron chi connectivity index (χ0n) is 15.6. The molecule has 0 bridgehead atoms. The van der Waals surface area contributed by atoms with E-state index in [1.165, 1.54) is 32.4 Å². The molecule has 2 N–H and O–H groups in total. The zero-order valence-corrected chi connectivity index (χ0v) is 16.3. The summed E-state index contributed by atoms with van der Waals surface area (Å²) < 4.78 is 15.3. The molecular weight excluding hydrogens is 400 g/mol. The Labute approximate surface area is 171 Å². The van der Waals surface area contributed by atoms with Gasteiger partial charge in [-0.05, 0) is 48.0 Å². The molecule has 0 aliphatic carbocycles. The molecular formula is C20H17ClN2O6. The van der Waals surface area contributed by atoms with Gasteiger partial charge in [0.25, 0.3) is 5.91 Å². The first-order valence-electron chi connectivity index (χ1n) is 8.17. The number of hydrogen-bond donors (Lipinski definition) is 2. The molecule has 1 amide bonds. The van der Waals surface area contributed by atoms with Gasteiger partial charge in [-0.3, -0.25) is 4.79 Å². The molecule has 9 heteroatoms. The summed E-state index contributed by atoms with van der Waals surface area (Å²) in [6.07, 6.45) is 1.33. The van der Waals surface area contributed by atoms with Crippen LogP contribution in [0.15, 0.2) is 42.0 Å². The van der Waals surface area contributed by atoms with Gasteiger partial charge in [-0.2, -0.15) is 5.26 Å². The standard InChI is InChI=1S/C20H17ClN2O6/c1-27-15-5-3-14(4-6-15)23-20(26)13(10-22)7-12-8-16(21)19(17(9-12)28-2)29-11-18(24)25/h3-9H,11H2,1-2H3,(H,23,26)(H,24,25)/b13-7-. The van der Waals surface area contributed by atoms with Crippen LogP contribution >= 0.6 is 11.6 Å². The van der Waals surface area contributed by atoms with Crippen LogP contribution in [-0.4, -0.2) is 37.8 Å². The van der Waals surface area contributed by atoms with E-state index in [2.05, 4.69) is 5.32 Å². The van der Waals surface area contributed by atoms with Gasteiger partial charge in [0.05, 0.1) is 19.2 Å². The summed E-state index contributed by atoms with van der Waals surface area (Å²) in [7, 11) is 2.88. The van der Waals surface area contributed by atoms with Crippen LogP contribution in [0.2, 0.25) is 5.02 Å². The van der Waals surface area contributed by atoms with Crippen LogP contribution in [0.4, 0.5) is 5.69 Å². The van der Waals surface area contributed by atoms with Crippen molar-refractivity contribution in [3.63, 3.8) is 0 Å². The molecule has 0 unspecified atom stereocenters. The number of hydrogen-bond acceptors (Lipinski definition) is 6. The maximum atomic E-state index is 12.4. The van der Waals surface area contributed by atoms with Gasteiger partial charge in [0, 0.05) is 5.69 Å². The van der Waals surface area contributed by atoms with Gasteiger partial charge in [-0.15, -0.1) is 0 Å². The molecule has 0 heterocycles. The average molecular weight is 417 g/mol. The number of carbonyl (C=O) groups excluding carboxylic acids is 1. The molecule has 0 aliphatic heterocycles. The van der Waals surface area contributed by atoms with Crippen molar-refractivity contribution in [1.29, 1.82) is 5.26 Å². The van der Waals surface area contributed by atoms with Gasteiger partial charge < -0.3 is 24.6 Å². The number of halogens is 1. The molecule has 150 valence electrons. The van der Waals surface area contributed by atoms with Gasteiger partial charge in [0.2, 0.25) is 0 Å². The zero-order chi connectivity index (χ0) is 21.4. The summed E-state index contributed by atoms with van der Waals surface area (Å²) in [6, 6.07) is 11.4. The largest absolute Gasteiger partial charge is 0.497 e. The molecule has 0 radical (unpaired) electrons. The Morgan fingerprint density at radius 2 is 1.90 bits per heavy atom. The molecule has 0 fully saturated rings. The number of ether oxygens (including phenoxy) is 3. The molecule has 0 aliphatic rings. The van der Waals surface area contributed by atoms with Crippen molar-refractivity contribution < 1.29 is 28.9 Å². The molecule has 2 aromatic carbocycles. The number of benzene rings is 2. The monoisotopic (exact) mass is 416 g/mol. The van der Waals surface area contributed by atoms with E-state index in [1.807, 2.05) is 6.07 Å². The number of anilines is 1. The van der Waals surface area contributed by atoms with E-state index in [0.29, 0.717) is 17.0 Å². The molecule has 0 saturated carbocycles. The lowest BCUT2D eigenvalue weighted by molar-refractivity contribution is -0.139. The van der Waals surface area contributed by atoms with E-state index in [0.717, 1.165) is 0 Å². The fraction of sp³-hybridized carbons (Fsp3) is 0.150. The number of rotatable bonds is 8. The Bertz CT molecular complexity index is 980. The van der Waals surface area contributed by atoms with Crippen LogP contribution in [-0.2, 0) is 9.59 Å². The lowest BCUT2D eigenvalue weighted by atomic mass is 10.1. The van der Waals surface area contributed by atoms with Crippen molar-refractivity contribution in [3.8, 4) is 23.3 Å². The van der Waals surface area contributed by atoms with Crippen LogP contribution in [0.25, 0.3) is 6.08 Å². The number of nitrogens with zero attached hydrogens (tertiary/aromatic N) is 1. The first kappa shape index (κ1) is 21.6. The van der Waals surface area contributed by atoms with E-state index < -0.39 is 18.5 Å². The summed E-state index contributed by atoms with van der Waals surface area (Å²) in [5, 5.41) is 20.8. The predicted octanol–water partition coefficient (Wildman–Crippen LogP) is 3.37. The van der Waals surface area contributed by atoms with E-state index in [1.54, 1.807) is 24.3 Å². The minimum absolute atomic E-state index is 0.0508. The summed E-state index contributed by atoms with van der Waals surface area (Å²) in [6.45, 7) is -0.598. The lowest BCUT2D eigenvalue weighted by Crippen LogP contribution is -2.13. The third kappa shape index (κ3) is 5.89. The smallest absolute Gasteiger partial charge is 0.341 e. The highest BCUT2D eigenvalue weighted by atomic mass is 35.5. The second-order valence-electron chi connectivity index (χ2n) is 5.57. The fourth-order valence-electron chi connectivity index (χ4n) is 2.29. The van der Waals surface area contributed by atoms with Crippen molar-refractivity contribution in [2.75, 3.05) is 26.1 Å². The van der Waals surface area contributed by atoms with Gasteiger partial charge in [0.1, 0.15) is 17.4 Å². The van der Waals surface area contributed by atoms with Gasteiger partial charge in [-0.1, -0.05) is 11.6 Å². The number of methoxy groups -OCH3 is 2. The van der Waals surface area contributed by atoms with Gasteiger partial charge in [-0.25, -0.2) is 4.79 Å². The van der Waals surface area contributed by atoms with E-state index >= 15 is 0 Å². The number of nitrogens with one attached hydrogen (secondary N) is 1. The Kier molecular flexibility index (Phi) is 7.46. The quantitative estimate of drug-likeness (QED) is 0.500. The van der Waals surface area contributed by atoms with Crippen molar-refractivity contribution in [1.82, 2.24) is 0 Å². The summed E-state index contributed by atoms with van der Waals surface area (Å²) in [4.78, 5) is 23.1. The molecule has 0 aromatic heterocycles. The number of carboxylic acid groups (broad SMARTS) is 1. The highest BCUT2D eigenvalue weighted by molar-refractivity contribution is 6.32. The van der Waals surface area contributed by atoms with Crippen molar-refractivity contribution in [2.24, 2.45) is 0 Å². The summed E-state index contributed by atoms with van der Waals surface area (Å²) >= 11 is 6.14. The number of aliphatic carboxylic acids is 1. The first-order chi connectivity index (χ1) is 13.9. The molecule has 0 atom stereocenters. The van der Waals surface area contributed by atoms with E-state index in [-0.39, 0.29) is 22.1 Å². The Hall–Kier alpha value is -3.70. The fourth-order valence-corrected chi connectivity index (χ4v) is 2.56. The van der Waals surface area contributed by atoms with Crippen LogP contribution in [0.5, 0.6) is 17.2 Å². The van der Waals surface area contributed by atoms with E-state index in [4.69, 9.17) is 30.9 Å². The van der Waals surface area contributed by atoms with Gasteiger partial charge >= 0.3 is 5.97 Å². The highest BCUT2D eigenvalue weighted by Gasteiger charge is 2.15. The molecule has 2 rings (SSSR count). The topological polar surface area (TPSA) is 118 Å². The number of carboxylic acids is 1. The minimum Gasteiger partial charge on any atom is -0.497 e. The van der Waals surface area contributed by atoms with Gasteiger partial charge in [0.15, 0.2) is 18.1 Å². The second-order valence-corrected chi connectivity index (χ2v) is 5.98. The third-order valence-electron chi connectivity index (χ3n) is 3.62. The highest BCUT2D eigenvalue weighted by Crippen LogP contribution is 2.37. The van der Waals surface area contributed by atoms with Crippen LogP contribution < -0.4 is 19.5 Å². The van der Waals surface area contributed by atoms with Crippen LogP contribution in [0.3, 0.4) is 0 Å². The molecule has 0 spiro atoms. The first-order valence-corrected chi connectivity index (χ1v) is 8.55. The molecule has 29 heavy (non-hydrogen) atoms. The molecule has 8 nitrogen and oxygen atoms in total. The summed E-state index contributed by atoms with van der Waals surface area (Å²) in [5.41, 5.74) is 0.721. The number of amides is 1. The van der Waals surface area contributed by atoms with E-state index in [9.17, 15) is 14.9 Å². The Morgan fingerprint density at radius 3 is 2.45 bits per heavy atom. The maximum Gasteiger partial charge on any atom is 0.341 e. The lowest BCUT2D eigenvalue weighted by Gasteiger charge is -2.12. The Morgan fingerprint density at radius 1 is 1.21 bits per heavy atom. The van der Waals surface area contributed by atoms with Crippen LogP contribution in [0, 0.1) is 11.3 Å². The Balaban J connectivity index is 2.26. The number of nitriles is 1. The van der Waals surface area contributed by atoms with Crippen molar-refractivity contribution in [2.45, 2.75) is 0 Å². The third-order valence-corrected chi connectivity index (χ3v) is 3.90. The van der Waals surface area contributed by atoms with Crippen molar-refractivity contribution >= 4 is 35.2 Å². The minimum atomic E-state index is -1.17.